The van der Waals surface area contributed by atoms with Crippen molar-refractivity contribution in [3.63, 3.8) is 0 Å². The number of nitrogens with one attached hydrogen (secondary N) is 1. The van der Waals surface area contributed by atoms with Crippen LogP contribution in [0.2, 0.25) is 10.0 Å². The molecule has 0 radical (unpaired) electrons. The maximum Gasteiger partial charge on any atom is 0.277 e. The van der Waals surface area contributed by atoms with Crippen molar-refractivity contribution in [2.75, 3.05) is 6.54 Å². The summed E-state index contributed by atoms with van der Waals surface area (Å²) in [5.74, 6) is -1.54. The smallest absolute Gasteiger partial charge is 0.277 e. The van der Waals surface area contributed by atoms with Crippen LogP contribution in [-0.2, 0) is 14.4 Å². The lowest BCUT2D eigenvalue weighted by atomic mass is 10.1. The molecule has 104 valence electrons. The van der Waals surface area contributed by atoms with Gasteiger partial charge in [-0.1, -0.05) is 29.3 Å². The molecule has 2 rings (SSSR count). The van der Waals surface area contributed by atoms with E-state index in [4.69, 9.17) is 23.2 Å². The minimum atomic E-state index is -0.590. The number of rotatable bonds is 1. The molecular formula is C13H10Cl2N2O3. The SMILES string of the molecule is CC(=O)N1CC(=O)NC(=Cc2c(Cl)cccc2Cl)C1=O. The van der Waals surface area contributed by atoms with Crippen LogP contribution < -0.4 is 5.32 Å². The molecule has 0 aromatic heterocycles. The average Bonchev–Trinajstić information content (AvgIpc) is 2.37. The van der Waals surface area contributed by atoms with Crippen molar-refractivity contribution in [2.24, 2.45) is 0 Å². The Kier molecular flexibility index (Phi) is 4.11. The minimum Gasteiger partial charge on any atom is -0.320 e. The first-order valence-corrected chi connectivity index (χ1v) is 6.43. The van der Waals surface area contributed by atoms with E-state index in [9.17, 15) is 14.4 Å². The topological polar surface area (TPSA) is 66.5 Å². The van der Waals surface area contributed by atoms with Crippen LogP contribution in [0.3, 0.4) is 0 Å². The third-order valence-corrected chi connectivity index (χ3v) is 3.38. The lowest BCUT2D eigenvalue weighted by Crippen LogP contribution is -2.51. The number of piperazine rings is 1. The third-order valence-electron chi connectivity index (χ3n) is 2.72. The molecule has 1 aromatic carbocycles. The van der Waals surface area contributed by atoms with Crippen molar-refractivity contribution in [1.29, 1.82) is 0 Å². The Morgan fingerprint density at radius 3 is 2.45 bits per heavy atom. The van der Waals surface area contributed by atoms with Crippen molar-refractivity contribution in [1.82, 2.24) is 10.2 Å². The zero-order valence-electron chi connectivity index (χ0n) is 10.4. The highest BCUT2D eigenvalue weighted by Gasteiger charge is 2.30. The first-order valence-electron chi connectivity index (χ1n) is 5.68. The molecule has 0 spiro atoms. The van der Waals surface area contributed by atoms with Crippen molar-refractivity contribution in [3.8, 4) is 0 Å². The molecule has 1 saturated heterocycles. The van der Waals surface area contributed by atoms with E-state index in [0.29, 0.717) is 15.6 Å². The summed E-state index contributed by atoms with van der Waals surface area (Å²) >= 11 is 12.0. The fraction of sp³-hybridized carbons (Fsp3) is 0.154. The molecule has 5 nitrogen and oxygen atoms in total. The number of hydrogen-bond acceptors (Lipinski definition) is 3. The fourth-order valence-corrected chi connectivity index (χ4v) is 2.26. The van der Waals surface area contributed by atoms with Gasteiger partial charge in [-0.05, 0) is 18.2 Å². The van der Waals surface area contributed by atoms with E-state index in [-0.39, 0.29) is 12.2 Å². The molecular weight excluding hydrogens is 303 g/mol. The Hall–Kier alpha value is -1.85. The highest BCUT2D eigenvalue weighted by Crippen LogP contribution is 2.27. The van der Waals surface area contributed by atoms with E-state index in [0.717, 1.165) is 4.90 Å². The Labute approximate surface area is 125 Å². The van der Waals surface area contributed by atoms with E-state index in [1.54, 1.807) is 18.2 Å². The van der Waals surface area contributed by atoms with Crippen LogP contribution in [-0.4, -0.2) is 29.2 Å². The van der Waals surface area contributed by atoms with Crippen molar-refractivity contribution >= 4 is 47.0 Å². The zero-order valence-corrected chi connectivity index (χ0v) is 12.0. The van der Waals surface area contributed by atoms with Gasteiger partial charge >= 0.3 is 0 Å². The summed E-state index contributed by atoms with van der Waals surface area (Å²) in [5.41, 5.74) is 0.372. The van der Waals surface area contributed by atoms with Gasteiger partial charge in [0.1, 0.15) is 12.2 Å². The number of nitrogens with zero attached hydrogens (tertiary/aromatic N) is 1. The van der Waals surface area contributed by atoms with Gasteiger partial charge in [0, 0.05) is 22.5 Å². The van der Waals surface area contributed by atoms with Gasteiger partial charge < -0.3 is 5.32 Å². The van der Waals surface area contributed by atoms with Gasteiger partial charge in [0.2, 0.25) is 11.8 Å². The van der Waals surface area contributed by atoms with Crippen LogP contribution >= 0.6 is 23.2 Å². The second-order valence-electron chi connectivity index (χ2n) is 4.15. The van der Waals surface area contributed by atoms with Gasteiger partial charge in [-0.25, -0.2) is 0 Å². The van der Waals surface area contributed by atoms with Gasteiger partial charge in [-0.2, -0.15) is 0 Å². The van der Waals surface area contributed by atoms with Gasteiger partial charge in [-0.3, -0.25) is 19.3 Å². The molecule has 0 unspecified atom stereocenters. The number of imide groups is 1. The Morgan fingerprint density at radius 1 is 1.30 bits per heavy atom. The Balaban J connectivity index is 2.45. The standard InChI is InChI=1S/C13H10Cl2N2O3/c1-7(18)17-6-12(19)16-11(13(17)20)5-8-9(14)3-2-4-10(8)15/h2-5H,6H2,1H3,(H,16,19). The number of benzene rings is 1. The van der Waals surface area contributed by atoms with Crippen molar-refractivity contribution in [2.45, 2.75) is 6.92 Å². The van der Waals surface area contributed by atoms with Crippen LogP contribution in [0.15, 0.2) is 23.9 Å². The predicted octanol–water partition coefficient (Wildman–Crippen LogP) is 1.84. The summed E-state index contributed by atoms with van der Waals surface area (Å²) in [7, 11) is 0. The maximum absolute atomic E-state index is 12.1. The zero-order chi connectivity index (χ0) is 14.9. The molecule has 0 aliphatic carbocycles. The van der Waals surface area contributed by atoms with E-state index in [1.807, 2.05) is 0 Å². The van der Waals surface area contributed by atoms with E-state index < -0.39 is 17.7 Å². The lowest BCUT2D eigenvalue weighted by molar-refractivity contribution is -0.147. The summed E-state index contributed by atoms with van der Waals surface area (Å²) in [5, 5.41) is 3.09. The molecule has 1 heterocycles. The quantitative estimate of drug-likeness (QED) is 0.805. The van der Waals surface area contributed by atoms with E-state index in [1.165, 1.54) is 13.0 Å². The van der Waals surface area contributed by atoms with Gasteiger partial charge in [-0.15, -0.1) is 0 Å². The molecule has 1 aliphatic rings. The first-order chi connectivity index (χ1) is 9.40. The predicted molar refractivity (Wildman–Crippen MR) is 75.0 cm³/mol. The molecule has 1 fully saturated rings. The number of halogens is 2. The molecule has 1 aromatic rings. The summed E-state index contributed by atoms with van der Waals surface area (Å²) in [6.45, 7) is 0.929. The van der Waals surface area contributed by atoms with Gasteiger partial charge in [0.15, 0.2) is 0 Å². The van der Waals surface area contributed by atoms with Crippen LogP contribution in [0.5, 0.6) is 0 Å². The van der Waals surface area contributed by atoms with E-state index >= 15 is 0 Å². The normalized spacial score (nSPS) is 17.4. The molecule has 20 heavy (non-hydrogen) atoms. The number of carbonyl (C=O) groups excluding carboxylic acids is 3. The van der Waals surface area contributed by atoms with Gasteiger partial charge in [0.25, 0.3) is 5.91 Å². The molecule has 0 bridgehead atoms. The molecule has 1 N–H and O–H groups in total. The molecule has 7 heteroatoms. The Bertz CT molecular complexity index is 620. The van der Waals surface area contributed by atoms with Crippen molar-refractivity contribution in [3.05, 3.63) is 39.5 Å². The third kappa shape index (κ3) is 2.84. The number of amides is 3. The molecule has 0 atom stereocenters. The number of carbonyl (C=O) groups is 3. The monoisotopic (exact) mass is 312 g/mol. The van der Waals surface area contributed by atoms with Crippen molar-refractivity contribution < 1.29 is 14.4 Å². The largest absolute Gasteiger partial charge is 0.320 e. The maximum atomic E-state index is 12.1. The highest BCUT2D eigenvalue weighted by atomic mass is 35.5. The molecule has 3 amide bonds. The second kappa shape index (κ2) is 5.64. The van der Waals surface area contributed by atoms with Crippen LogP contribution in [0.1, 0.15) is 12.5 Å². The molecule has 0 saturated carbocycles. The van der Waals surface area contributed by atoms with Crippen LogP contribution in [0.4, 0.5) is 0 Å². The minimum absolute atomic E-state index is 0.0357. The summed E-state index contributed by atoms with van der Waals surface area (Å²) in [6, 6.07) is 4.88. The molecule has 1 aliphatic heterocycles. The van der Waals surface area contributed by atoms with Gasteiger partial charge in [0.05, 0.1) is 0 Å². The summed E-state index contributed by atoms with van der Waals surface area (Å²) in [4.78, 5) is 35.8. The second-order valence-corrected chi connectivity index (χ2v) is 4.97. The van der Waals surface area contributed by atoms with Crippen LogP contribution in [0, 0.1) is 0 Å². The lowest BCUT2D eigenvalue weighted by Gasteiger charge is -2.25. The average molecular weight is 313 g/mol. The Morgan fingerprint density at radius 2 is 1.90 bits per heavy atom. The van der Waals surface area contributed by atoms with Crippen LogP contribution in [0.25, 0.3) is 6.08 Å². The summed E-state index contributed by atoms with van der Waals surface area (Å²) < 4.78 is 0. The number of hydrogen-bond donors (Lipinski definition) is 1. The highest BCUT2D eigenvalue weighted by molar-refractivity contribution is 6.37. The first kappa shape index (κ1) is 14.6. The van der Waals surface area contributed by atoms with E-state index in [2.05, 4.69) is 5.32 Å². The summed E-state index contributed by atoms with van der Waals surface area (Å²) in [6.07, 6.45) is 1.36. The fourth-order valence-electron chi connectivity index (χ4n) is 1.75.